The molecule has 2 atom stereocenters. The average Bonchev–Trinajstić information content (AvgIpc) is 3.94. The lowest BCUT2D eigenvalue weighted by Gasteiger charge is -2.50. The van der Waals surface area contributed by atoms with Crippen LogP contribution in [0.4, 0.5) is 27.8 Å². The van der Waals surface area contributed by atoms with Gasteiger partial charge in [-0.05, 0) is 111 Å². The Bertz CT molecular complexity index is 2280. The molecule has 4 N–H and O–H groups in total. The topological polar surface area (TPSA) is 181 Å². The number of nitrogens with zero attached hydrogens (tertiary/aromatic N) is 8. The number of benzene rings is 2. The van der Waals surface area contributed by atoms with Crippen LogP contribution in [0.2, 0.25) is 0 Å². The smallest absolute Gasteiger partial charge is 0.320 e. The second-order valence-corrected chi connectivity index (χ2v) is 19.1. The molecule has 3 aromatic rings. The van der Waals surface area contributed by atoms with Crippen molar-refractivity contribution < 1.29 is 24.0 Å². The Morgan fingerprint density at radius 2 is 1.49 bits per heavy atom. The molecule has 6 fully saturated rings. The van der Waals surface area contributed by atoms with Crippen LogP contribution in [-0.4, -0.2) is 142 Å². The van der Waals surface area contributed by atoms with E-state index in [2.05, 4.69) is 65.2 Å². The third kappa shape index (κ3) is 7.95. The number of carbonyl (C=O) groups is 5. The Morgan fingerprint density at radius 1 is 0.778 bits per heavy atom. The fourth-order valence-corrected chi connectivity index (χ4v) is 11.3. The maximum atomic E-state index is 13.5. The molecule has 16 heteroatoms. The Hall–Kier alpha value is -5.77. The highest BCUT2D eigenvalue weighted by molar-refractivity contribution is 6.04. The van der Waals surface area contributed by atoms with Gasteiger partial charge in [-0.3, -0.25) is 29.4 Å². The molecule has 1 aromatic heterocycles. The van der Waals surface area contributed by atoms with Gasteiger partial charge in [0, 0.05) is 81.3 Å². The van der Waals surface area contributed by atoms with E-state index in [1.54, 1.807) is 11.1 Å². The molecular weight excluding hydrogens is 799 g/mol. The Balaban J connectivity index is 0.728. The number of aromatic nitrogens is 2. The van der Waals surface area contributed by atoms with Gasteiger partial charge < -0.3 is 35.6 Å². The van der Waals surface area contributed by atoms with Crippen LogP contribution >= 0.6 is 0 Å². The number of fused-ring (bicyclic) bond motifs is 1. The molecule has 332 valence electrons. The van der Waals surface area contributed by atoms with Crippen molar-refractivity contribution in [2.75, 3.05) is 74.0 Å². The summed E-state index contributed by atoms with van der Waals surface area (Å²) in [5.41, 5.74) is 10.8. The van der Waals surface area contributed by atoms with E-state index >= 15 is 0 Å². The minimum Gasteiger partial charge on any atom is -0.368 e. The number of hydrogen-bond donors (Lipinski definition) is 3. The second-order valence-electron chi connectivity index (χ2n) is 19.1. The van der Waals surface area contributed by atoms with Gasteiger partial charge in [0.1, 0.15) is 11.9 Å². The van der Waals surface area contributed by atoms with E-state index in [1.165, 1.54) is 18.4 Å². The zero-order valence-corrected chi connectivity index (χ0v) is 36.3. The molecule has 1 saturated carbocycles. The highest BCUT2D eigenvalue weighted by Gasteiger charge is 2.42. The highest BCUT2D eigenvalue weighted by atomic mass is 16.2. The van der Waals surface area contributed by atoms with Gasteiger partial charge in [-0.2, -0.15) is 0 Å². The number of nitrogens with one attached hydrogen (secondary N) is 2. The Labute approximate surface area is 368 Å². The molecule has 5 saturated heterocycles. The van der Waals surface area contributed by atoms with Gasteiger partial charge in [0.05, 0.1) is 12.2 Å². The molecule has 7 aliphatic rings. The van der Waals surface area contributed by atoms with Crippen molar-refractivity contribution in [1.82, 2.24) is 34.9 Å². The van der Waals surface area contributed by atoms with Gasteiger partial charge in [-0.1, -0.05) is 31.9 Å². The van der Waals surface area contributed by atoms with Crippen molar-refractivity contribution in [3.8, 4) is 0 Å². The van der Waals surface area contributed by atoms with Crippen LogP contribution in [0.25, 0.3) is 0 Å². The fourth-order valence-electron chi connectivity index (χ4n) is 11.3. The number of urea groups is 1. The maximum absolute atomic E-state index is 13.5. The van der Waals surface area contributed by atoms with E-state index in [4.69, 9.17) is 10.7 Å². The number of piperidine rings is 3. The lowest BCUT2D eigenvalue weighted by molar-refractivity contribution is -0.136. The first-order valence-corrected chi connectivity index (χ1v) is 23.1. The summed E-state index contributed by atoms with van der Waals surface area (Å²) in [5, 5.41) is 5.73. The van der Waals surface area contributed by atoms with Crippen molar-refractivity contribution in [3.63, 3.8) is 0 Å². The Morgan fingerprint density at radius 3 is 2.22 bits per heavy atom. The van der Waals surface area contributed by atoms with E-state index in [9.17, 15) is 24.0 Å². The van der Waals surface area contributed by atoms with Crippen molar-refractivity contribution in [3.05, 3.63) is 71.0 Å². The van der Waals surface area contributed by atoms with Gasteiger partial charge >= 0.3 is 6.03 Å². The van der Waals surface area contributed by atoms with Crippen molar-refractivity contribution in [2.24, 2.45) is 5.73 Å². The Kier molecular flexibility index (Phi) is 11.0. The molecule has 2 unspecified atom stereocenters. The highest BCUT2D eigenvalue weighted by Crippen LogP contribution is 2.39. The molecular formula is C47H59N11O5. The number of nitrogens with two attached hydrogens (primary N) is 1. The number of hydrogen-bond acceptors (Lipinski definition) is 11. The first kappa shape index (κ1) is 41.3. The molecule has 2 aromatic carbocycles. The molecule has 10 rings (SSSR count). The van der Waals surface area contributed by atoms with Crippen LogP contribution in [0, 0.1) is 0 Å². The number of primary amides is 1. The molecule has 6 amide bonds. The summed E-state index contributed by atoms with van der Waals surface area (Å²) in [6, 6.07) is 15.0. The van der Waals surface area contributed by atoms with Gasteiger partial charge in [0.15, 0.2) is 11.5 Å². The van der Waals surface area contributed by atoms with E-state index in [0.29, 0.717) is 55.2 Å². The second kappa shape index (κ2) is 16.7. The molecule has 0 spiro atoms. The summed E-state index contributed by atoms with van der Waals surface area (Å²) in [4.78, 5) is 85.8. The fraction of sp³-hybridized carbons (Fsp3) is 0.553. The molecule has 0 bridgehead atoms. The van der Waals surface area contributed by atoms with Crippen molar-refractivity contribution >= 4 is 52.7 Å². The van der Waals surface area contributed by atoms with Crippen LogP contribution in [0.3, 0.4) is 0 Å². The van der Waals surface area contributed by atoms with Crippen LogP contribution in [-0.2, 0) is 21.4 Å². The first-order valence-electron chi connectivity index (χ1n) is 23.1. The molecule has 7 heterocycles. The number of rotatable bonds is 10. The summed E-state index contributed by atoms with van der Waals surface area (Å²) >= 11 is 0. The maximum Gasteiger partial charge on any atom is 0.320 e. The summed E-state index contributed by atoms with van der Waals surface area (Å²) in [6.07, 6.45) is 11.5. The molecule has 0 radical (unpaired) electrons. The van der Waals surface area contributed by atoms with Crippen molar-refractivity contribution in [1.29, 1.82) is 0 Å². The largest absolute Gasteiger partial charge is 0.368 e. The molecule has 1 aliphatic carbocycles. The number of amides is 6. The van der Waals surface area contributed by atoms with Gasteiger partial charge in [-0.15, -0.1) is 0 Å². The zero-order chi connectivity index (χ0) is 43.4. The third-order valence-electron chi connectivity index (χ3n) is 15.3. The summed E-state index contributed by atoms with van der Waals surface area (Å²) < 4.78 is 0. The standard InChI is InChI=1S/C47H59N11O5/c1-47(17-21-53(22-18-47)36-28-55(29-36)34-12-13-37-30(25-34)16-20-58(45(37)62)38-14-15-40(59)52-44(38)61)31-8-10-32(11-9-31)50-43-41(42(48)60)49-26-39(51-43)54-19-4-7-35(27-54)57-24-23-56(46(57)63)33-5-2-3-6-33/h8-13,25-26,33,35-36,38H,2-7,14-24,27-29H2,1H3,(H2,48,60)(H,50,51)(H,52,59,61). The summed E-state index contributed by atoms with van der Waals surface area (Å²) in [6.45, 7) is 9.77. The van der Waals surface area contributed by atoms with Crippen LogP contribution < -0.4 is 26.2 Å². The van der Waals surface area contributed by atoms with E-state index < -0.39 is 11.9 Å². The van der Waals surface area contributed by atoms with E-state index in [0.717, 1.165) is 101 Å². The summed E-state index contributed by atoms with van der Waals surface area (Å²) in [5.74, 6) is -0.447. The SMILES string of the molecule is CC1(c2ccc(Nc3nc(N4CCCC(N5CCN(C6CCCC6)C5=O)C4)cnc3C(N)=O)cc2)CCN(C2CN(c3ccc4c(c3)CCN(C3CCC(=O)NC3=O)C4=O)C2)CC1. The number of carbonyl (C=O) groups excluding carboxylic acids is 5. The first-order chi connectivity index (χ1) is 30.5. The number of anilines is 4. The number of imide groups is 1. The zero-order valence-electron chi connectivity index (χ0n) is 36.3. The lowest BCUT2D eigenvalue weighted by atomic mass is 9.74. The van der Waals surface area contributed by atoms with Crippen LogP contribution in [0.15, 0.2) is 48.7 Å². The minimum atomic E-state index is -0.646. The molecule has 6 aliphatic heterocycles. The molecule has 63 heavy (non-hydrogen) atoms. The molecule has 16 nitrogen and oxygen atoms in total. The van der Waals surface area contributed by atoms with E-state index in [1.807, 2.05) is 24.3 Å². The predicted octanol–water partition coefficient (Wildman–Crippen LogP) is 4.01. The van der Waals surface area contributed by atoms with Crippen LogP contribution in [0.1, 0.15) is 103 Å². The third-order valence-corrected chi connectivity index (χ3v) is 15.3. The average molecular weight is 858 g/mol. The van der Waals surface area contributed by atoms with Crippen LogP contribution in [0.5, 0.6) is 0 Å². The monoisotopic (exact) mass is 857 g/mol. The van der Waals surface area contributed by atoms with Gasteiger partial charge in [0.25, 0.3) is 11.8 Å². The van der Waals surface area contributed by atoms with Gasteiger partial charge in [0.2, 0.25) is 11.8 Å². The number of likely N-dealkylation sites (tertiary alicyclic amines) is 1. The quantitative estimate of drug-likeness (QED) is 0.251. The van der Waals surface area contributed by atoms with E-state index in [-0.39, 0.29) is 47.3 Å². The van der Waals surface area contributed by atoms with Crippen molar-refractivity contribution in [2.45, 2.75) is 107 Å². The van der Waals surface area contributed by atoms with Gasteiger partial charge in [-0.25, -0.2) is 14.8 Å². The normalized spacial score (nSPS) is 24.7. The predicted molar refractivity (Wildman–Crippen MR) is 238 cm³/mol. The summed E-state index contributed by atoms with van der Waals surface area (Å²) in [7, 11) is 0. The minimum absolute atomic E-state index is 0.0268. The lowest BCUT2D eigenvalue weighted by Crippen LogP contribution is -2.61.